The maximum atomic E-state index is 12.1. The Hall–Kier alpha value is -2.22. The highest BCUT2D eigenvalue weighted by atomic mass is 16.7. The summed E-state index contributed by atoms with van der Waals surface area (Å²) in [5, 5.41) is 10.6. The predicted molar refractivity (Wildman–Crippen MR) is 86.5 cm³/mol. The average molecular weight is 348 g/mol. The van der Waals surface area contributed by atoms with Crippen LogP contribution >= 0.6 is 0 Å². The van der Waals surface area contributed by atoms with Gasteiger partial charge in [-0.25, -0.2) is 4.79 Å². The summed E-state index contributed by atoms with van der Waals surface area (Å²) in [4.78, 5) is 24.1. The molecule has 2 aliphatic rings. The number of esters is 2. The summed E-state index contributed by atoms with van der Waals surface area (Å²) in [6.07, 6.45) is -0.440. The lowest BCUT2D eigenvalue weighted by molar-refractivity contribution is -0.163. The maximum absolute atomic E-state index is 12.1. The summed E-state index contributed by atoms with van der Waals surface area (Å²) in [5.74, 6) is -2.84. The smallest absolute Gasteiger partial charge is 0.342 e. The van der Waals surface area contributed by atoms with Gasteiger partial charge in [0.15, 0.2) is 5.79 Å². The van der Waals surface area contributed by atoms with E-state index in [0.29, 0.717) is 11.3 Å². The predicted octanol–water partition coefficient (Wildman–Crippen LogP) is 1.29. The van der Waals surface area contributed by atoms with Crippen LogP contribution in [0.1, 0.15) is 19.4 Å². The summed E-state index contributed by atoms with van der Waals surface area (Å²) in [5.41, 5.74) is 0.777. The highest BCUT2D eigenvalue weighted by Crippen LogP contribution is 2.34. The molecule has 0 aliphatic carbocycles. The lowest BCUT2D eigenvalue weighted by Crippen LogP contribution is -2.39. The minimum atomic E-state index is -1.25. The van der Waals surface area contributed by atoms with E-state index in [1.807, 2.05) is 0 Å². The molecular formula is C18H20O7. The molecule has 0 aromatic heterocycles. The summed E-state index contributed by atoms with van der Waals surface area (Å²) < 4.78 is 20.8. The van der Waals surface area contributed by atoms with E-state index in [4.69, 9.17) is 18.9 Å². The number of hydrogen-bond acceptors (Lipinski definition) is 7. The van der Waals surface area contributed by atoms with E-state index in [1.165, 1.54) is 6.08 Å². The van der Waals surface area contributed by atoms with Crippen LogP contribution in [0.3, 0.4) is 0 Å². The van der Waals surface area contributed by atoms with Crippen LogP contribution in [0, 0.1) is 5.92 Å². The molecule has 3 atom stereocenters. The van der Waals surface area contributed by atoms with Crippen molar-refractivity contribution in [1.29, 1.82) is 0 Å². The molecule has 0 spiro atoms. The van der Waals surface area contributed by atoms with Gasteiger partial charge in [0.2, 0.25) is 0 Å². The van der Waals surface area contributed by atoms with E-state index in [1.54, 1.807) is 45.2 Å². The van der Waals surface area contributed by atoms with Crippen LogP contribution in [0.2, 0.25) is 0 Å². The number of rotatable bonds is 4. The Balaban J connectivity index is 1.86. The van der Waals surface area contributed by atoms with Crippen LogP contribution in [-0.4, -0.2) is 48.8 Å². The van der Waals surface area contributed by atoms with Gasteiger partial charge in [-0.2, -0.15) is 0 Å². The third kappa shape index (κ3) is 3.58. The van der Waals surface area contributed by atoms with Crippen LogP contribution in [0.5, 0.6) is 5.75 Å². The van der Waals surface area contributed by atoms with Gasteiger partial charge in [0.25, 0.3) is 0 Å². The first-order chi connectivity index (χ1) is 11.8. The largest absolute Gasteiger partial charge is 0.497 e. The number of methoxy groups -OCH3 is 1. The summed E-state index contributed by atoms with van der Waals surface area (Å²) in [6.45, 7) is 3.56. The first-order valence-electron chi connectivity index (χ1n) is 7.92. The van der Waals surface area contributed by atoms with Gasteiger partial charge in [-0.3, -0.25) is 4.79 Å². The number of carbonyl (C=O) groups excluding carboxylic acids is 2. The number of benzene rings is 1. The molecule has 2 fully saturated rings. The maximum Gasteiger partial charge on any atom is 0.342 e. The summed E-state index contributed by atoms with van der Waals surface area (Å²) in [7, 11) is 1.55. The van der Waals surface area contributed by atoms with Gasteiger partial charge >= 0.3 is 11.9 Å². The minimum Gasteiger partial charge on any atom is -0.497 e. The SMILES string of the molecule is COc1ccc(/C=C2/C(=O)OC(=O)[C@H]2[C@H](O)[C@H]2COC(C)(C)O2)cc1. The number of carbonyl (C=O) groups is 2. The number of aliphatic hydroxyl groups is 1. The number of aliphatic hydroxyl groups excluding tert-OH is 1. The molecule has 0 amide bonds. The molecule has 0 saturated carbocycles. The fraction of sp³-hybridized carbons (Fsp3) is 0.444. The first-order valence-corrected chi connectivity index (χ1v) is 7.92. The van der Waals surface area contributed by atoms with Gasteiger partial charge in [0.1, 0.15) is 23.9 Å². The van der Waals surface area contributed by atoms with Gasteiger partial charge in [-0.05, 0) is 37.6 Å². The van der Waals surface area contributed by atoms with Crippen LogP contribution < -0.4 is 4.74 Å². The van der Waals surface area contributed by atoms with Crippen molar-refractivity contribution in [3.05, 3.63) is 35.4 Å². The second-order valence-electron chi connectivity index (χ2n) is 6.42. The fourth-order valence-electron chi connectivity index (χ4n) is 2.92. The molecular weight excluding hydrogens is 328 g/mol. The molecule has 134 valence electrons. The number of ether oxygens (including phenoxy) is 4. The van der Waals surface area contributed by atoms with E-state index >= 15 is 0 Å². The van der Waals surface area contributed by atoms with Crippen molar-refractivity contribution in [2.24, 2.45) is 5.92 Å². The molecule has 3 rings (SSSR count). The number of hydrogen-bond donors (Lipinski definition) is 1. The quantitative estimate of drug-likeness (QED) is 0.498. The van der Waals surface area contributed by atoms with E-state index in [0.717, 1.165) is 0 Å². The van der Waals surface area contributed by atoms with Crippen LogP contribution in [0.4, 0.5) is 0 Å². The fourth-order valence-corrected chi connectivity index (χ4v) is 2.92. The Labute approximate surface area is 145 Å². The van der Waals surface area contributed by atoms with Crippen molar-refractivity contribution in [1.82, 2.24) is 0 Å². The Morgan fingerprint density at radius 3 is 2.52 bits per heavy atom. The van der Waals surface area contributed by atoms with Crippen LogP contribution in [-0.2, 0) is 23.8 Å². The second-order valence-corrected chi connectivity index (χ2v) is 6.42. The van der Waals surface area contributed by atoms with E-state index in [9.17, 15) is 14.7 Å². The standard InChI is InChI=1S/C18H20O7/c1-18(2)23-9-13(25-18)15(19)14-12(16(20)24-17(14)21)8-10-4-6-11(22-3)7-5-10/h4-8,13-15,19H,9H2,1-3H3/b12-8+/t13-,14-,15-/m1/s1. The molecule has 1 aromatic rings. The Bertz CT molecular complexity index is 705. The number of cyclic esters (lactones) is 2. The summed E-state index contributed by atoms with van der Waals surface area (Å²) in [6, 6.07) is 6.94. The molecule has 0 bridgehead atoms. The van der Waals surface area contributed by atoms with Crippen LogP contribution in [0.25, 0.3) is 6.08 Å². The highest BCUT2D eigenvalue weighted by molar-refractivity contribution is 6.10. The summed E-state index contributed by atoms with van der Waals surface area (Å²) >= 11 is 0. The van der Waals surface area contributed by atoms with Gasteiger partial charge in [0.05, 0.1) is 19.3 Å². The Morgan fingerprint density at radius 1 is 1.28 bits per heavy atom. The van der Waals surface area contributed by atoms with E-state index < -0.39 is 35.9 Å². The van der Waals surface area contributed by atoms with Crippen molar-refractivity contribution in [2.45, 2.75) is 31.8 Å². The van der Waals surface area contributed by atoms with Gasteiger partial charge in [-0.1, -0.05) is 12.1 Å². The zero-order valence-electron chi connectivity index (χ0n) is 14.2. The minimum absolute atomic E-state index is 0.0935. The normalized spacial score (nSPS) is 28.2. The second kappa shape index (κ2) is 6.59. The van der Waals surface area contributed by atoms with Crippen molar-refractivity contribution in [2.75, 3.05) is 13.7 Å². The molecule has 1 aromatic carbocycles. The molecule has 0 unspecified atom stereocenters. The van der Waals surface area contributed by atoms with E-state index in [-0.39, 0.29) is 12.2 Å². The first kappa shape index (κ1) is 17.6. The zero-order chi connectivity index (χ0) is 18.2. The average Bonchev–Trinajstić information content (AvgIpc) is 3.07. The van der Waals surface area contributed by atoms with Crippen molar-refractivity contribution >= 4 is 18.0 Å². The van der Waals surface area contributed by atoms with E-state index in [2.05, 4.69) is 0 Å². The third-order valence-electron chi connectivity index (χ3n) is 4.21. The molecule has 1 N–H and O–H groups in total. The monoisotopic (exact) mass is 348 g/mol. The topological polar surface area (TPSA) is 91.3 Å². The van der Waals surface area contributed by atoms with Gasteiger partial charge < -0.3 is 24.1 Å². The van der Waals surface area contributed by atoms with Crippen molar-refractivity contribution in [3.8, 4) is 5.75 Å². The highest BCUT2D eigenvalue weighted by Gasteiger charge is 2.49. The molecule has 2 heterocycles. The lowest BCUT2D eigenvalue weighted by atomic mass is 9.90. The van der Waals surface area contributed by atoms with Crippen molar-refractivity contribution in [3.63, 3.8) is 0 Å². The molecule has 25 heavy (non-hydrogen) atoms. The van der Waals surface area contributed by atoms with Crippen molar-refractivity contribution < 1.29 is 33.6 Å². The third-order valence-corrected chi connectivity index (χ3v) is 4.21. The molecule has 2 aliphatic heterocycles. The molecule has 7 nitrogen and oxygen atoms in total. The Morgan fingerprint density at radius 2 is 1.96 bits per heavy atom. The van der Waals surface area contributed by atoms with Gasteiger partial charge in [-0.15, -0.1) is 0 Å². The Kier molecular flexibility index (Phi) is 4.64. The zero-order valence-corrected chi connectivity index (χ0v) is 14.2. The molecule has 2 saturated heterocycles. The molecule has 0 radical (unpaired) electrons. The lowest BCUT2D eigenvalue weighted by Gasteiger charge is -2.22. The molecule has 7 heteroatoms. The van der Waals surface area contributed by atoms with Crippen LogP contribution in [0.15, 0.2) is 29.8 Å². The van der Waals surface area contributed by atoms with Gasteiger partial charge in [0, 0.05) is 0 Å².